The third-order valence-electron chi connectivity index (χ3n) is 7.22. The second-order valence-electron chi connectivity index (χ2n) is 8.89. The Morgan fingerprint density at radius 1 is 1.12 bits per heavy atom. The van der Waals surface area contributed by atoms with Gasteiger partial charge in [0.2, 0.25) is 0 Å². The van der Waals surface area contributed by atoms with Gasteiger partial charge >= 0.3 is 5.97 Å². The first-order chi connectivity index (χ1) is 15.6. The van der Waals surface area contributed by atoms with Crippen molar-refractivity contribution < 1.29 is 23.5 Å². The molecule has 2 amide bonds. The summed E-state index contributed by atoms with van der Waals surface area (Å²) in [6, 6.07) is 10.4. The van der Waals surface area contributed by atoms with Gasteiger partial charge in [-0.05, 0) is 61.3 Å². The minimum absolute atomic E-state index is 0.175. The smallest absolute Gasteiger partial charge is 0.338 e. The van der Waals surface area contributed by atoms with Crippen molar-refractivity contribution in [2.24, 2.45) is 40.6 Å². The Labute approximate surface area is 184 Å². The number of carbonyl (C=O) groups excluding carboxylic acids is 3. The SMILES string of the molecule is CCOC(=O)c1cccc(-c2ccc(C=NN3C(=O)[C@@H]4[C@H]5C=C[C@@H]([C@@H]6C[C@H]56)[C@H]4C3=O)o2)c1. The van der Waals surface area contributed by atoms with Crippen LogP contribution in [0.1, 0.15) is 29.5 Å². The fourth-order valence-corrected chi connectivity index (χ4v) is 5.76. The summed E-state index contributed by atoms with van der Waals surface area (Å²) in [6.07, 6.45) is 6.82. The molecular formula is C25H22N2O5. The number of rotatable bonds is 5. The Bertz CT molecular complexity index is 1160. The van der Waals surface area contributed by atoms with Crippen molar-refractivity contribution in [2.75, 3.05) is 6.61 Å². The molecule has 3 fully saturated rings. The summed E-state index contributed by atoms with van der Waals surface area (Å²) in [6.45, 7) is 2.06. The molecule has 2 aromatic rings. The molecule has 2 saturated carbocycles. The number of ether oxygens (including phenoxy) is 1. The molecule has 1 aromatic carbocycles. The highest BCUT2D eigenvalue weighted by Crippen LogP contribution is 2.65. The molecule has 2 bridgehead atoms. The van der Waals surface area contributed by atoms with Gasteiger partial charge in [-0.1, -0.05) is 24.3 Å². The molecule has 0 spiro atoms. The van der Waals surface area contributed by atoms with E-state index in [1.807, 2.05) is 6.07 Å². The number of esters is 1. The van der Waals surface area contributed by atoms with E-state index in [4.69, 9.17) is 9.15 Å². The third kappa shape index (κ3) is 2.80. The minimum atomic E-state index is -0.392. The van der Waals surface area contributed by atoms with Gasteiger partial charge in [-0.2, -0.15) is 10.1 Å². The van der Waals surface area contributed by atoms with Crippen LogP contribution in [0.2, 0.25) is 0 Å². The number of imide groups is 1. The molecular weight excluding hydrogens is 408 g/mol. The van der Waals surface area contributed by atoms with Crippen molar-refractivity contribution in [2.45, 2.75) is 13.3 Å². The van der Waals surface area contributed by atoms with E-state index in [2.05, 4.69) is 17.3 Å². The summed E-state index contributed by atoms with van der Waals surface area (Å²) in [5, 5.41) is 5.25. The lowest BCUT2D eigenvalue weighted by molar-refractivity contribution is -0.140. The van der Waals surface area contributed by atoms with Crippen LogP contribution in [0.5, 0.6) is 0 Å². The normalized spacial score (nSPS) is 31.8. The Morgan fingerprint density at radius 2 is 1.84 bits per heavy atom. The lowest BCUT2D eigenvalue weighted by Crippen LogP contribution is -2.40. The zero-order chi connectivity index (χ0) is 22.0. The van der Waals surface area contributed by atoms with Crippen molar-refractivity contribution in [3.05, 3.63) is 59.9 Å². The van der Waals surface area contributed by atoms with Crippen molar-refractivity contribution >= 4 is 24.0 Å². The topological polar surface area (TPSA) is 89.2 Å². The van der Waals surface area contributed by atoms with E-state index < -0.39 is 5.97 Å². The van der Waals surface area contributed by atoms with Gasteiger partial charge in [0.15, 0.2) is 0 Å². The Balaban J connectivity index is 1.21. The van der Waals surface area contributed by atoms with Crippen LogP contribution in [-0.4, -0.2) is 35.6 Å². The first-order valence-electron chi connectivity index (χ1n) is 11.0. The summed E-state index contributed by atoms with van der Waals surface area (Å²) in [5.74, 6) is 1.11. The van der Waals surface area contributed by atoms with Crippen molar-refractivity contribution in [3.8, 4) is 11.3 Å². The van der Waals surface area contributed by atoms with Gasteiger partial charge in [0.25, 0.3) is 11.8 Å². The van der Waals surface area contributed by atoms with Gasteiger partial charge in [0.05, 0.1) is 30.2 Å². The van der Waals surface area contributed by atoms with E-state index in [1.165, 1.54) is 6.21 Å². The van der Waals surface area contributed by atoms with E-state index in [9.17, 15) is 14.4 Å². The zero-order valence-electron chi connectivity index (χ0n) is 17.5. The highest BCUT2D eigenvalue weighted by molar-refractivity contribution is 6.06. The molecule has 7 heteroatoms. The molecule has 32 heavy (non-hydrogen) atoms. The number of carbonyl (C=O) groups is 3. The summed E-state index contributed by atoms with van der Waals surface area (Å²) in [7, 11) is 0. The lowest BCUT2D eigenvalue weighted by Gasteiger charge is -2.37. The van der Waals surface area contributed by atoms with Crippen molar-refractivity contribution in [1.29, 1.82) is 0 Å². The number of nitrogens with zero attached hydrogens (tertiary/aromatic N) is 2. The van der Waals surface area contributed by atoms with E-state index >= 15 is 0 Å². The highest BCUT2D eigenvalue weighted by atomic mass is 16.5. The van der Waals surface area contributed by atoms with Gasteiger partial charge in [0.1, 0.15) is 11.5 Å². The molecule has 0 unspecified atom stereocenters. The maximum absolute atomic E-state index is 13.0. The summed E-state index contributed by atoms with van der Waals surface area (Å²) < 4.78 is 10.9. The third-order valence-corrected chi connectivity index (χ3v) is 7.22. The lowest BCUT2D eigenvalue weighted by atomic mass is 9.63. The number of hydrazone groups is 1. The summed E-state index contributed by atoms with van der Waals surface area (Å²) >= 11 is 0. The Hall–Kier alpha value is -3.48. The zero-order valence-corrected chi connectivity index (χ0v) is 17.5. The first-order valence-corrected chi connectivity index (χ1v) is 11.0. The number of benzene rings is 1. The molecule has 2 heterocycles. The number of furan rings is 1. The predicted molar refractivity (Wildman–Crippen MR) is 114 cm³/mol. The standard InChI is InChI=1S/C25H22N2O5/c1-2-31-25(30)14-5-3-4-13(10-14)20-9-6-15(32-20)12-26-27-23(28)21-16-7-8-17(19-11-18(16)19)22(21)24(27)29/h3-10,12,16-19,21-22H,2,11H2,1H3/t16-,17-,18-,19+,21+,22+/m0/s1. The molecule has 1 saturated heterocycles. The van der Waals surface area contributed by atoms with Gasteiger partial charge in [-0.3, -0.25) is 9.59 Å². The van der Waals surface area contributed by atoms with Gasteiger partial charge in [0, 0.05) is 5.56 Å². The van der Waals surface area contributed by atoms with Gasteiger partial charge in [-0.25, -0.2) is 4.79 Å². The second-order valence-corrected chi connectivity index (χ2v) is 8.89. The largest absolute Gasteiger partial charge is 0.462 e. The molecule has 162 valence electrons. The van der Waals surface area contributed by atoms with Crippen LogP contribution in [0.4, 0.5) is 0 Å². The van der Waals surface area contributed by atoms with Crippen LogP contribution in [0.3, 0.4) is 0 Å². The Kier molecular flexibility index (Phi) is 4.22. The maximum atomic E-state index is 13.0. The predicted octanol–water partition coefficient (Wildman–Crippen LogP) is 3.51. The number of hydrogen-bond acceptors (Lipinski definition) is 6. The molecule has 0 radical (unpaired) electrons. The van der Waals surface area contributed by atoms with E-state index in [1.54, 1.807) is 37.3 Å². The van der Waals surface area contributed by atoms with Gasteiger partial charge < -0.3 is 9.15 Å². The maximum Gasteiger partial charge on any atom is 0.338 e. The number of allylic oxidation sites excluding steroid dienone is 2. The van der Waals surface area contributed by atoms with Crippen LogP contribution < -0.4 is 0 Å². The second kappa shape index (κ2) is 7.02. The first kappa shape index (κ1) is 19.2. The summed E-state index contributed by atoms with van der Waals surface area (Å²) in [4.78, 5) is 38.0. The quantitative estimate of drug-likeness (QED) is 0.313. The monoisotopic (exact) mass is 430 g/mol. The molecule has 4 aliphatic carbocycles. The van der Waals surface area contributed by atoms with Crippen molar-refractivity contribution in [3.63, 3.8) is 0 Å². The van der Waals surface area contributed by atoms with Crippen LogP contribution in [0.25, 0.3) is 11.3 Å². The van der Waals surface area contributed by atoms with Crippen molar-refractivity contribution in [1.82, 2.24) is 5.01 Å². The molecule has 7 nitrogen and oxygen atoms in total. The van der Waals surface area contributed by atoms with Gasteiger partial charge in [-0.15, -0.1) is 0 Å². The van der Waals surface area contributed by atoms with E-state index in [-0.39, 0.29) is 35.5 Å². The average Bonchev–Trinajstić information content (AvgIpc) is 3.44. The molecule has 6 atom stereocenters. The number of hydrogen-bond donors (Lipinski definition) is 0. The fourth-order valence-electron chi connectivity index (χ4n) is 5.76. The van der Waals surface area contributed by atoms with E-state index in [0.717, 1.165) is 17.0 Å². The molecule has 1 aromatic heterocycles. The number of amides is 2. The minimum Gasteiger partial charge on any atom is -0.462 e. The highest BCUT2D eigenvalue weighted by Gasteiger charge is 2.67. The van der Waals surface area contributed by atoms with Crippen LogP contribution in [-0.2, 0) is 14.3 Å². The molecule has 5 aliphatic rings. The van der Waals surface area contributed by atoms with Crippen LogP contribution in [0.15, 0.2) is 58.1 Å². The molecule has 0 N–H and O–H groups in total. The van der Waals surface area contributed by atoms with Crippen LogP contribution in [0, 0.1) is 35.5 Å². The average molecular weight is 430 g/mol. The molecule has 7 rings (SSSR count). The fraction of sp³-hybridized carbons (Fsp3) is 0.360. The summed E-state index contributed by atoms with van der Waals surface area (Å²) in [5.41, 5.74) is 1.16. The Morgan fingerprint density at radius 3 is 2.53 bits per heavy atom. The molecule has 1 aliphatic heterocycles. The van der Waals surface area contributed by atoms with E-state index in [0.29, 0.717) is 35.5 Å². The van der Waals surface area contributed by atoms with Crippen LogP contribution >= 0.6 is 0 Å².